The Kier molecular flexibility index (Phi) is 13.4. The second-order valence-corrected chi connectivity index (χ2v) is 4.30. The van der Waals surface area contributed by atoms with E-state index >= 15 is 0 Å². The molecule has 0 amide bonds. The summed E-state index contributed by atoms with van der Waals surface area (Å²) in [5.41, 5.74) is 0. The summed E-state index contributed by atoms with van der Waals surface area (Å²) in [6.07, 6.45) is 1.08. The molecule has 0 aliphatic heterocycles. The Morgan fingerprint density at radius 2 is 2.00 bits per heavy atom. The average molecular weight is 221 g/mol. The molecule has 0 radical (unpaired) electrons. The first-order chi connectivity index (χ1) is 6.91. The van der Waals surface area contributed by atoms with Crippen LogP contribution in [0.15, 0.2) is 0 Å². The number of hydrogen-bond donors (Lipinski definition) is 1. The van der Waals surface area contributed by atoms with Crippen molar-refractivity contribution in [3.8, 4) is 0 Å². The van der Waals surface area contributed by atoms with Crippen LogP contribution in [0.5, 0.6) is 0 Å². The Morgan fingerprint density at radius 1 is 1.14 bits per heavy atom. The highest BCUT2D eigenvalue weighted by Gasteiger charge is 1.89. The van der Waals surface area contributed by atoms with Gasteiger partial charge in [0.15, 0.2) is 0 Å². The van der Waals surface area contributed by atoms with Gasteiger partial charge >= 0.3 is 0 Å². The van der Waals surface area contributed by atoms with E-state index in [1.807, 2.05) is 11.8 Å². The summed E-state index contributed by atoms with van der Waals surface area (Å²) in [5.74, 6) is 2.42. The van der Waals surface area contributed by atoms with Crippen LogP contribution in [0.3, 0.4) is 0 Å². The van der Waals surface area contributed by atoms with Crippen molar-refractivity contribution in [2.24, 2.45) is 0 Å². The molecule has 0 bridgehead atoms. The molecule has 0 saturated carbocycles. The van der Waals surface area contributed by atoms with Gasteiger partial charge in [0.05, 0.1) is 13.2 Å². The first kappa shape index (κ1) is 14.2. The first-order valence-electron chi connectivity index (χ1n) is 5.27. The molecular weight excluding hydrogens is 198 g/mol. The topological polar surface area (TPSA) is 30.5 Å². The zero-order valence-corrected chi connectivity index (χ0v) is 10.2. The van der Waals surface area contributed by atoms with E-state index in [2.05, 4.69) is 12.2 Å². The third-order valence-corrected chi connectivity index (χ3v) is 2.60. The van der Waals surface area contributed by atoms with E-state index < -0.39 is 0 Å². The van der Waals surface area contributed by atoms with Crippen LogP contribution in [0.25, 0.3) is 0 Å². The van der Waals surface area contributed by atoms with Crippen molar-refractivity contribution in [1.29, 1.82) is 0 Å². The lowest BCUT2D eigenvalue weighted by molar-refractivity contribution is 0.0695. The third-order valence-electron chi connectivity index (χ3n) is 1.70. The third kappa shape index (κ3) is 12.2. The Labute approximate surface area is 91.9 Å². The van der Waals surface area contributed by atoms with Crippen molar-refractivity contribution in [3.05, 3.63) is 0 Å². The summed E-state index contributed by atoms with van der Waals surface area (Å²) in [6.45, 7) is 6.59. The van der Waals surface area contributed by atoms with Gasteiger partial charge in [-0.25, -0.2) is 0 Å². The SMILES string of the molecule is CCSCCNCCCOCCOC. The Balaban J connectivity index is 2.78. The molecular formula is C10H23NO2S. The quantitative estimate of drug-likeness (QED) is 0.534. The van der Waals surface area contributed by atoms with Crippen LogP contribution in [-0.2, 0) is 9.47 Å². The van der Waals surface area contributed by atoms with Gasteiger partial charge in [-0.3, -0.25) is 0 Å². The summed E-state index contributed by atoms with van der Waals surface area (Å²) >= 11 is 1.97. The maximum Gasteiger partial charge on any atom is 0.0700 e. The van der Waals surface area contributed by atoms with Crippen LogP contribution in [0.1, 0.15) is 13.3 Å². The molecule has 14 heavy (non-hydrogen) atoms. The molecule has 0 rings (SSSR count). The lowest BCUT2D eigenvalue weighted by atomic mass is 10.4. The second kappa shape index (κ2) is 13.2. The van der Waals surface area contributed by atoms with Crippen molar-refractivity contribution in [2.75, 3.05) is 51.5 Å². The lowest BCUT2D eigenvalue weighted by Gasteiger charge is -2.05. The number of nitrogens with one attached hydrogen (secondary N) is 1. The largest absolute Gasteiger partial charge is 0.382 e. The van der Waals surface area contributed by atoms with Crippen molar-refractivity contribution in [2.45, 2.75) is 13.3 Å². The molecule has 0 spiro atoms. The normalized spacial score (nSPS) is 10.7. The predicted octanol–water partition coefficient (Wildman–Crippen LogP) is 1.38. The van der Waals surface area contributed by atoms with Crippen LogP contribution in [0, 0.1) is 0 Å². The minimum atomic E-state index is 0.695. The van der Waals surface area contributed by atoms with Gasteiger partial charge in [-0.1, -0.05) is 6.92 Å². The van der Waals surface area contributed by atoms with Crippen molar-refractivity contribution >= 4 is 11.8 Å². The van der Waals surface area contributed by atoms with Gasteiger partial charge in [-0.15, -0.1) is 0 Å². The highest BCUT2D eigenvalue weighted by atomic mass is 32.2. The van der Waals surface area contributed by atoms with Crippen LogP contribution in [0.4, 0.5) is 0 Å². The summed E-state index contributed by atoms with van der Waals surface area (Å²) in [5, 5.41) is 3.38. The van der Waals surface area contributed by atoms with Gasteiger partial charge in [0, 0.05) is 26.0 Å². The van der Waals surface area contributed by atoms with E-state index in [4.69, 9.17) is 9.47 Å². The molecule has 86 valence electrons. The average Bonchev–Trinajstić information content (AvgIpc) is 2.21. The lowest BCUT2D eigenvalue weighted by Crippen LogP contribution is -2.20. The molecule has 0 aromatic heterocycles. The molecule has 0 unspecified atom stereocenters. The van der Waals surface area contributed by atoms with E-state index in [1.165, 1.54) is 11.5 Å². The molecule has 0 aromatic carbocycles. The van der Waals surface area contributed by atoms with Crippen LogP contribution in [0.2, 0.25) is 0 Å². The van der Waals surface area contributed by atoms with Gasteiger partial charge in [0.25, 0.3) is 0 Å². The summed E-state index contributed by atoms with van der Waals surface area (Å²) in [6, 6.07) is 0. The zero-order chi connectivity index (χ0) is 10.5. The number of hydrogen-bond acceptors (Lipinski definition) is 4. The Bertz CT molecular complexity index is 92.1. The van der Waals surface area contributed by atoms with E-state index in [0.29, 0.717) is 13.2 Å². The fourth-order valence-corrected chi connectivity index (χ4v) is 1.53. The van der Waals surface area contributed by atoms with Crippen LogP contribution in [-0.4, -0.2) is 51.5 Å². The van der Waals surface area contributed by atoms with Gasteiger partial charge in [0.1, 0.15) is 0 Å². The molecule has 0 aliphatic carbocycles. The minimum Gasteiger partial charge on any atom is -0.382 e. The fraction of sp³-hybridized carbons (Fsp3) is 1.00. The van der Waals surface area contributed by atoms with Crippen molar-refractivity contribution < 1.29 is 9.47 Å². The van der Waals surface area contributed by atoms with Crippen LogP contribution >= 0.6 is 11.8 Å². The van der Waals surface area contributed by atoms with E-state index in [0.717, 1.165) is 26.1 Å². The smallest absolute Gasteiger partial charge is 0.0700 e. The first-order valence-corrected chi connectivity index (χ1v) is 6.42. The van der Waals surface area contributed by atoms with E-state index in [1.54, 1.807) is 7.11 Å². The van der Waals surface area contributed by atoms with Gasteiger partial charge in [0.2, 0.25) is 0 Å². The molecule has 3 nitrogen and oxygen atoms in total. The molecule has 1 N–H and O–H groups in total. The van der Waals surface area contributed by atoms with E-state index in [-0.39, 0.29) is 0 Å². The number of ether oxygens (including phenoxy) is 2. The number of thioether (sulfide) groups is 1. The van der Waals surface area contributed by atoms with Gasteiger partial charge < -0.3 is 14.8 Å². The molecule has 0 aromatic rings. The standard InChI is InChI=1S/C10H23NO2S/c1-3-14-10-6-11-5-4-7-13-9-8-12-2/h11H,3-10H2,1-2H3. The molecule has 0 saturated heterocycles. The zero-order valence-electron chi connectivity index (χ0n) is 9.38. The molecule has 4 heteroatoms. The molecule has 0 heterocycles. The number of methoxy groups -OCH3 is 1. The highest BCUT2D eigenvalue weighted by molar-refractivity contribution is 7.99. The maximum absolute atomic E-state index is 5.33. The maximum atomic E-state index is 5.33. The summed E-state index contributed by atoms with van der Waals surface area (Å²) in [4.78, 5) is 0. The summed E-state index contributed by atoms with van der Waals surface area (Å²) in [7, 11) is 1.69. The van der Waals surface area contributed by atoms with Crippen molar-refractivity contribution in [1.82, 2.24) is 5.32 Å². The minimum absolute atomic E-state index is 0.695. The second-order valence-electron chi connectivity index (χ2n) is 2.91. The van der Waals surface area contributed by atoms with Gasteiger partial charge in [-0.2, -0.15) is 11.8 Å². The van der Waals surface area contributed by atoms with E-state index in [9.17, 15) is 0 Å². The summed E-state index contributed by atoms with van der Waals surface area (Å²) < 4.78 is 10.2. The molecule has 0 fully saturated rings. The monoisotopic (exact) mass is 221 g/mol. The Morgan fingerprint density at radius 3 is 2.71 bits per heavy atom. The Hall–Kier alpha value is 0.230. The molecule has 0 aliphatic rings. The number of rotatable bonds is 11. The molecule has 0 atom stereocenters. The predicted molar refractivity (Wildman–Crippen MR) is 63.2 cm³/mol. The fourth-order valence-electron chi connectivity index (χ4n) is 0.957. The van der Waals surface area contributed by atoms with Crippen molar-refractivity contribution in [3.63, 3.8) is 0 Å². The van der Waals surface area contributed by atoms with Gasteiger partial charge in [-0.05, 0) is 18.7 Å². The van der Waals surface area contributed by atoms with Crippen LogP contribution < -0.4 is 5.32 Å². The highest BCUT2D eigenvalue weighted by Crippen LogP contribution is 1.94.